The molecule has 0 radical (unpaired) electrons. The van der Waals surface area contributed by atoms with Gasteiger partial charge in [0.2, 0.25) is 0 Å². The van der Waals surface area contributed by atoms with E-state index in [4.69, 9.17) is 5.73 Å². The Morgan fingerprint density at radius 3 is 2.33 bits per heavy atom. The Morgan fingerprint density at radius 1 is 1.33 bits per heavy atom. The topological polar surface area (TPSA) is 43.1 Å². The number of hydrogen-bond donors (Lipinski definition) is 1. The molecule has 1 saturated carbocycles. The van der Waals surface area contributed by atoms with E-state index < -0.39 is 0 Å². The number of carbonyl (C=O) groups excluding carboxylic acids is 1. The lowest BCUT2D eigenvalue weighted by Crippen LogP contribution is -2.40. The van der Waals surface area contributed by atoms with Gasteiger partial charge in [0.25, 0.3) is 0 Å². The maximum atomic E-state index is 11.6. The molecule has 0 atom stereocenters. The van der Waals surface area contributed by atoms with Gasteiger partial charge >= 0.3 is 0 Å². The van der Waals surface area contributed by atoms with E-state index in [0.29, 0.717) is 18.7 Å². The summed E-state index contributed by atoms with van der Waals surface area (Å²) in [6, 6.07) is 0. The molecule has 0 spiro atoms. The van der Waals surface area contributed by atoms with E-state index in [1.54, 1.807) is 0 Å². The van der Waals surface area contributed by atoms with Crippen molar-refractivity contribution in [2.45, 2.75) is 45.4 Å². The first-order valence-corrected chi connectivity index (χ1v) is 4.98. The first kappa shape index (κ1) is 9.72. The minimum atomic E-state index is -0.132. The molecule has 0 amide bonds. The van der Waals surface area contributed by atoms with Crippen LogP contribution < -0.4 is 5.73 Å². The Morgan fingerprint density at radius 2 is 1.92 bits per heavy atom. The maximum absolute atomic E-state index is 11.6. The summed E-state index contributed by atoms with van der Waals surface area (Å²) in [4.78, 5) is 11.6. The Labute approximate surface area is 74.5 Å². The molecule has 1 aliphatic carbocycles. The molecule has 2 N–H and O–H groups in total. The zero-order valence-corrected chi connectivity index (χ0v) is 7.94. The summed E-state index contributed by atoms with van der Waals surface area (Å²) in [6.07, 6.45) is 6.34. The largest absolute Gasteiger partial charge is 0.329 e. The SMILES string of the molecule is CCC(=O)C1(CN)CCCCC1. The molecule has 12 heavy (non-hydrogen) atoms. The van der Waals surface area contributed by atoms with E-state index in [9.17, 15) is 4.79 Å². The third kappa shape index (κ3) is 1.69. The molecule has 0 saturated heterocycles. The van der Waals surface area contributed by atoms with Gasteiger partial charge in [-0.1, -0.05) is 26.2 Å². The maximum Gasteiger partial charge on any atom is 0.140 e. The van der Waals surface area contributed by atoms with Crippen molar-refractivity contribution in [2.24, 2.45) is 11.1 Å². The second-order valence-electron chi connectivity index (χ2n) is 3.82. The Bertz CT molecular complexity index is 159. The number of carbonyl (C=O) groups is 1. The normalized spacial score (nSPS) is 22.2. The summed E-state index contributed by atoms with van der Waals surface area (Å²) in [6.45, 7) is 2.49. The molecule has 0 unspecified atom stereocenters. The van der Waals surface area contributed by atoms with Gasteiger partial charge in [0, 0.05) is 18.4 Å². The second-order valence-corrected chi connectivity index (χ2v) is 3.82. The molecule has 2 heteroatoms. The van der Waals surface area contributed by atoms with Crippen molar-refractivity contribution >= 4 is 5.78 Å². The average Bonchev–Trinajstić information content (AvgIpc) is 2.17. The van der Waals surface area contributed by atoms with Crippen molar-refractivity contribution in [1.82, 2.24) is 0 Å². The van der Waals surface area contributed by atoms with Crippen LogP contribution in [-0.4, -0.2) is 12.3 Å². The van der Waals surface area contributed by atoms with Crippen LogP contribution in [0.3, 0.4) is 0 Å². The lowest BCUT2D eigenvalue weighted by molar-refractivity contribution is -0.129. The molecule has 0 aromatic rings. The molecule has 0 aromatic carbocycles. The molecule has 0 bridgehead atoms. The fourth-order valence-electron chi connectivity index (χ4n) is 2.20. The summed E-state index contributed by atoms with van der Waals surface area (Å²) in [5.41, 5.74) is 5.56. The van der Waals surface area contributed by atoms with Crippen molar-refractivity contribution in [3.05, 3.63) is 0 Å². The van der Waals surface area contributed by atoms with Gasteiger partial charge in [0.1, 0.15) is 5.78 Å². The van der Waals surface area contributed by atoms with Crippen LogP contribution in [0.5, 0.6) is 0 Å². The molecule has 0 heterocycles. The first-order valence-electron chi connectivity index (χ1n) is 4.98. The van der Waals surface area contributed by atoms with Crippen LogP contribution in [0.2, 0.25) is 0 Å². The summed E-state index contributed by atoms with van der Waals surface area (Å²) in [5.74, 6) is 0.379. The summed E-state index contributed by atoms with van der Waals surface area (Å²) in [5, 5.41) is 0. The van der Waals surface area contributed by atoms with E-state index in [2.05, 4.69) is 0 Å². The van der Waals surface area contributed by atoms with Crippen molar-refractivity contribution in [3.8, 4) is 0 Å². The van der Waals surface area contributed by atoms with E-state index >= 15 is 0 Å². The van der Waals surface area contributed by atoms with Crippen molar-refractivity contribution < 1.29 is 4.79 Å². The van der Waals surface area contributed by atoms with Crippen LogP contribution in [0.1, 0.15) is 45.4 Å². The van der Waals surface area contributed by atoms with E-state index in [0.717, 1.165) is 12.8 Å². The fourth-order valence-corrected chi connectivity index (χ4v) is 2.20. The van der Waals surface area contributed by atoms with Gasteiger partial charge in [-0.25, -0.2) is 0 Å². The number of ketones is 1. The van der Waals surface area contributed by atoms with Gasteiger partial charge in [-0.15, -0.1) is 0 Å². The van der Waals surface area contributed by atoms with Crippen LogP contribution in [-0.2, 0) is 4.79 Å². The Kier molecular flexibility index (Phi) is 3.27. The molecule has 1 aliphatic rings. The highest BCUT2D eigenvalue weighted by atomic mass is 16.1. The van der Waals surface area contributed by atoms with Gasteiger partial charge in [0.05, 0.1) is 0 Å². The van der Waals surface area contributed by atoms with Crippen molar-refractivity contribution in [2.75, 3.05) is 6.54 Å². The molecule has 70 valence electrons. The summed E-state index contributed by atoms with van der Waals surface area (Å²) < 4.78 is 0. The van der Waals surface area contributed by atoms with Crippen LogP contribution in [0, 0.1) is 5.41 Å². The van der Waals surface area contributed by atoms with Crippen LogP contribution in [0.25, 0.3) is 0 Å². The molecule has 0 aliphatic heterocycles. The van der Waals surface area contributed by atoms with E-state index in [1.807, 2.05) is 6.92 Å². The summed E-state index contributed by atoms with van der Waals surface area (Å²) in [7, 11) is 0. The first-order chi connectivity index (χ1) is 5.75. The lowest BCUT2D eigenvalue weighted by Gasteiger charge is -2.34. The highest BCUT2D eigenvalue weighted by Crippen LogP contribution is 2.36. The average molecular weight is 169 g/mol. The van der Waals surface area contributed by atoms with Gasteiger partial charge < -0.3 is 5.73 Å². The number of nitrogens with two attached hydrogens (primary N) is 1. The smallest absolute Gasteiger partial charge is 0.140 e. The Hall–Kier alpha value is -0.370. The zero-order chi connectivity index (χ0) is 9.03. The lowest BCUT2D eigenvalue weighted by atomic mass is 9.70. The number of hydrogen-bond acceptors (Lipinski definition) is 2. The fraction of sp³-hybridized carbons (Fsp3) is 0.900. The predicted molar refractivity (Wildman–Crippen MR) is 49.9 cm³/mol. The third-order valence-electron chi connectivity index (χ3n) is 3.11. The Balaban J connectivity index is 2.66. The number of Topliss-reactive ketones (excluding diaryl/α,β-unsaturated/α-hetero) is 1. The molecule has 1 rings (SSSR count). The molecule has 1 fully saturated rings. The third-order valence-corrected chi connectivity index (χ3v) is 3.11. The molecule has 2 nitrogen and oxygen atoms in total. The minimum Gasteiger partial charge on any atom is -0.329 e. The van der Waals surface area contributed by atoms with Crippen molar-refractivity contribution in [1.29, 1.82) is 0 Å². The van der Waals surface area contributed by atoms with E-state index in [-0.39, 0.29) is 5.41 Å². The van der Waals surface area contributed by atoms with Gasteiger partial charge in [-0.2, -0.15) is 0 Å². The van der Waals surface area contributed by atoms with Gasteiger partial charge in [-0.3, -0.25) is 4.79 Å². The minimum absolute atomic E-state index is 0.132. The van der Waals surface area contributed by atoms with Gasteiger partial charge in [0.15, 0.2) is 0 Å². The molecular weight excluding hydrogens is 150 g/mol. The monoisotopic (exact) mass is 169 g/mol. The van der Waals surface area contributed by atoms with Crippen LogP contribution >= 0.6 is 0 Å². The highest BCUT2D eigenvalue weighted by Gasteiger charge is 2.36. The molecular formula is C10H19NO. The highest BCUT2D eigenvalue weighted by molar-refractivity contribution is 5.84. The van der Waals surface area contributed by atoms with Crippen LogP contribution in [0.4, 0.5) is 0 Å². The van der Waals surface area contributed by atoms with Crippen molar-refractivity contribution in [3.63, 3.8) is 0 Å². The van der Waals surface area contributed by atoms with Crippen LogP contribution in [0.15, 0.2) is 0 Å². The quantitative estimate of drug-likeness (QED) is 0.701. The van der Waals surface area contributed by atoms with Gasteiger partial charge in [-0.05, 0) is 12.8 Å². The number of rotatable bonds is 3. The second kappa shape index (κ2) is 4.04. The van der Waals surface area contributed by atoms with E-state index in [1.165, 1.54) is 19.3 Å². The zero-order valence-electron chi connectivity index (χ0n) is 7.94. The predicted octanol–water partition coefficient (Wildman–Crippen LogP) is 1.87. The standard InChI is InChI=1S/C10H19NO/c1-2-9(12)10(8-11)6-4-3-5-7-10/h2-8,11H2,1H3. The molecule has 0 aromatic heterocycles. The summed E-state index contributed by atoms with van der Waals surface area (Å²) >= 11 is 0.